The van der Waals surface area contributed by atoms with Crippen LogP contribution in [0.4, 0.5) is 4.39 Å². The molecular weight excluding hydrogens is 295 g/mol. The minimum absolute atomic E-state index is 0.162. The molecule has 5 heteroatoms. The highest BCUT2D eigenvalue weighted by Gasteiger charge is 2.15. The summed E-state index contributed by atoms with van der Waals surface area (Å²) in [5, 5.41) is 0.454. The fourth-order valence-corrected chi connectivity index (χ4v) is 3.31. The zero-order valence-corrected chi connectivity index (χ0v) is 12.9. The maximum Gasteiger partial charge on any atom is 0.171 e. The van der Waals surface area contributed by atoms with Crippen LogP contribution in [-0.2, 0) is 0 Å². The maximum absolute atomic E-state index is 13.9. The molecular formula is C15H12ClFN2S. The first-order valence-electron chi connectivity index (χ1n) is 6.17. The van der Waals surface area contributed by atoms with Gasteiger partial charge in [0.15, 0.2) is 5.82 Å². The van der Waals surface area contributed by atoms with E-state index in [-0.39, 0.29) is 11.0 Å². The van der Waals surface area contributed by atoms with Crippen LogP contribution in [0.15, 0.2) is 18.2 Å². The van der Waals surface area contributed by atoms with E-state index in [1.165, 1.54) is 16.5 Å². The zero-order chi connectivity index (χ0) is 14.4. The lowest BCUT2D eigenvalue weighted by atomic mass is 10.1. The molecule has 0 spiro atoms. The molecule has 0 unspecified atom stereocenters. The van der Waals surface area contributed by atoms with E-state index in [0.29, 0.717) is 16.7 Å². The molecule has 2 heterocycles. The molecule has 20 heavy (non-hydrogen) atoms. The Balaban J connectivity index is 2.32. The Morgan fingerprint density at radius 3 is 2.50 bits per heavy atom. The highest BCUT2D eigenvalue weighted by molar-refractivity contribution is 7.15. The standard InChI is InChI=1S/C15H12ClFN2S/c1-7-4-5-10(17)12-13(7)18-15(19-14(12)16)11-6-8(2)9(3)20-11/h4-6H,1-3H3. The SMILES string of the molecule is Cc1cc(-c2nc(Cl)c3c(F)ccc(C)c3n2)sc1C. The van der Waals surface area contributed by atoms with Crippen molar-refractivity contribution in [1.82, 2.24) is 9.97 Å². The van der Waals surface area contributed by atoms with Crippen molar-refractivity contribution in [2.75, 3.05) is 0 Å². The Morgan fingerprint density at radius 2 is 1.85 bits per heavy atom. The first-order valence-corrected chi connectivity index (χ1v) is 7.36. The number of nitrogens with zero attached hydrogens (tertiary/aromatic N) is 2. The summed E-state index contributed by atoms with van der Waals surface area (Å²) in [6, 6.07) is 5.13. The largest absolute Gasteiger partial charge is 0.227 e. The Kier molecular flexibility index (Phi) is 3.22. The summed E-state index contributed by atoms with van der Waals surface area (Å²) < 4.78 is 13.9. The Hall–Kier alpha value is -1.52. The molecule has 3 aromatic rings. The molecule has 0 N–H and O–H groups in total. The van der Waals surface area contributed by atoms with E-state index >= 15 is 0 Å². The molecule has 0 aliphatic carbocycles. The number of benzene rings is 1. The maximum atomic E-state index is 13.9. The first kappa shape index (κ1) is 13.5. The second kappa shape index (κ2) is 4.79. The summed E-state index contributed by atoms with van der Waals surface area (Å²) in [6.07, 6.45) is 0. The van der Waals surface area contributed by atoms with Crippen LogP contribution in [0, 0.1) is 26.6 Å². The predicted octanol–water partition coefficient (Wildman–Crippen LogP) is 5.08. The van der Waals surface area contributed by atoms with Crippen LogP contribution in [0.1, 0.15) is 16.0 Å². The third kappa shape index (κ3) is 2.09. The van der Waals surface area contributed by atoms with Crippen LogP contribution >= 0.6 is 22.9 Å². The van der Waals surface area contributed by atoms with Gasteiger partial charge in [-0.3, -0.25) is 0 Å². The molecule has 3 rings (SSSR count). The van der Waals surface area contributed by atoms with Crippen LogP contribution in [0.3, 0.4) is 0 Å². The van der Waals surface area contributed by atoms with Gasteiger partial charge in [-0.25, -0.2) is 14.4 Å². The summed E-state index contributed by atoms with van der Waals surface area (Å²) >= 11 is 7.77. The van der Waals surface area contributed by atoms with Crippen molar-refractivity contribution >= 4 is 33.8 Å². The van der Waals surface area contributed by atoms with Gasteiger partial charge in [-0.05, 0) is 44.0 Å². The molecule has 0 bridgehead atoms. The number of aromatic nitrogens is 2. The van der Waals surface area contributed by atoms with E-state index in [0.717, 1.165) is 10.4 Å². The Labute approximate surface area is 125 Å². The summed E-state index contributed by atoms with van der Waals surface area (Å²) in [5.41, 5.74) is 2.65. The van der Waals surface area contributed by atoms with Crippen molar-refractivity contribution in [2.24, 2.45) is 0 Å². The van der Waals surface area contributed by atoms with Crippen molar-refractivity contribution in [2.45, 2.75) is 20.8 Å². The van der Waals surface area contributed by atoms with Crippen molar-refractivity contribution in [1.29, 1.82) is 0 Å². The van der Waals surface area contributed by atoms with Crippen LogP contribution in [0.25, 0.3) is 21.6 Å². The molecule has 0 aliphatic rings. The van der Waals surface area contributed by atoms with Crippen LogP contribution in [0.5, 0.6) is 0 Å². The average Bonchev–Trinajstić information content (AvgIpc) is 2.74. The number of hydrogen-bond acceptors (Lipinski definition) is 3. The third-order valence-corrected chi connectivity index (χ3v) is 4.77. The zero-order valence-electron chi connectivity index (χ0n) is 11.3. The fourth-order valence-electron chi connectivity index (χ4n) is 2.08. The second-order valence-electron chi connectivity index (χ2n) is 4.78. The smallest absolute Gasteiger partial charge is 0.171 e. The topological polar surface area (TPSA) is 25.8 Å². The molecule has 0 radical (unpaired) electrons. The molecule has 0 atom stereocenters. The van der Waals surface area contributed by atoms with Crippen LogP contribution in [0.2, 0.25) is 5.15 Å². The third-order valence-electron chi connectivity index (χ3n) is 3.34. The Bertz CT molecular complexity index is 807. The van der Waals surface area contributed by atoms with Gasteiger partial charge >= 0.3 is 0 Å². The first-order chi connectivity index (χ1) is 9.47. The van der Waals surface area contributed by atoms with Gasteiger partial charge in [-0.2, -0.15) is 0 Å². The quantitative estimate of drug-likeness (QED) is 0.586. The van der Waals surface area contributed by atoms with Gasteiger partial charge in [0.1, 0.15) is 11.0 Å². The molecule has 2 aromatic heterocycles. The van der Waals surface area contributed by atoms with Gasteiger partial charge in [0.2, 0.25) is 0 Å². The second-order valence-corrected chi connectivity index (χ2v) is 6.39. The van der Waals surface area contributed by atoms with Gasteiger partial charge in [-0.15, -0.1) is 11.3 Å². The molecule has 0 fully saturated rings. The van der Waals surface area contributed by atoms with Crippen molar-refractivity contribution < 1.29 is 4.39 Å². The number of fused-ring (bicyclic) bond motifs is 1. The Morgan fingerprint density at radius 1 is 1.10 bits per heavy atom. The van der Waals surface area contributed by atoms with Gasteiger partial charge < -0.3 is 0 Å². The number of aryl methyl sites for hydroxylation is 3. The predicted molar refractivity (Wildman–Crippen MR) is 82.0 cm³/mol. The van der Waals surface area contributed by atoms with E-state index in [1.807, 2.05) is 19.9 Å². The van der Waals surface area contributed by atoms with E-state index in [2.05, 4.69) is 16.9 Å². The van der Waals surface area contributed by atoms with Crippen LogP contribution < -0.4 is 0 Å². The van der Waals surface area contributed by atoms with Crippen molar-refractivity contribution in [3.8, 4) is 10.7 Å². The fraction of sp³-hybridized carbons (Fsp3) is 0.200. The van der Waals surface area contributed by atoms with Gasteiger partial charge in [0, 0.05) is 4.88 Å². The highest BCUT2D eigenvalue weighted by atomic mass is 35.5. The number of rotatable bonds is 1. The molecule has 0 saturated heterocycles. The van der Waals surface area contributed by atoms with Gasteiger partial charge in [-0.1, -0.05) is 17.7 Å². The van der Waals surface area contributed by atoms with E-state index < -0.39 is 0 Å². The molecule has 1 aromatic carbocycles. The van der Waals surface area contributed by atoms with Gasteiger partial charge in [0.25, 0.3) is 0 Å². The lowest BCUT2D eigenvalue weighted by molar-refractivity contribution is 0.639. The van der Waals surface area contributed by atoms with E-state index in [9.17, 15) is 4.39 Å². The molecule has 0 saturated carbocycles. The minimum Gasteiger partial charge on any atom is -0.227 e. The van der Waals surface area contributed by atoms with Gasteiger partial charge in [0.05, 0.1) is 15.8 Å². The molecule has 2 nitrogen and oxygen atoms in total. The number of hydrogen-bond donors (Lipinski definition) is 0. The average molecular weight is 307 g/mol. The minimum atomic E-state index is -0.388. The lowest BCUT2D eigenvalue weighted by Crippen LogP contribution is -1.94. The van der Waals surface area contributed by atoms with Crippen molar-refractivity contribution in [3.05, 3.63) is 45.2 Å². The number of thiophene rings is 1. The normalized spacial score (nSPS) is 11.2. The van der Waals surface area contributed by atoms with E-state index in [4.69, 9.17) is 11.6 Å². The summed E-state index contributed by atoms with van der Waals surface area (Å²) in [4.78, 5) is 10.9. The van der Waals surface area contributed by atoms with Crippen molar-refractivity contribution in [3.63, 3.8) is 0 Å². The van der Waals surface area contributed by atoms with E-state index in [1.54, 1.807) is 17.4 Å². The summed E-state index contributed by atoms with van der Waals surface area (Å²) in [6.45, 7) is 5.99. The lowest BCUT2D eigenvalue weighted by Gasteiger charge is -2.06. The molecule has 0 amide bonds. The summed E-state index contributed by atoms with van der Waals surface area (Å²) in [5.74, 6) is 0.165. The molecule has 102 valence electrons. The monoisotopic (exact) mass is 306 g/mol. The summed E-state index contributed by atoms with van der Waals surface area (Å²) in [7, 11) is 0. The number of halogens is 2. The molecule has 0 aliphatic heterocycles. The highest BCUT2D eigenvalue weighted by Crippen LogP contribution is 2.32. The van der Waals surface area contributed by atoms with Crippen LogP contribution in [-0.4, -0.2) is 9.97 Å².